The predicted molar refractivity (Wildman–Crippen MR) is 142 cm³/mol. The molecule has 0 unspecified atom stereocenters. The number of nitro benzene ring substituents is 1. The van der Waals surface area contributed by atoms with Crippen molar-refractivity contribution in [2.75, 3.05) is 18.0 Å². The van der Waals surface area contributed by atoms with Crippen LogP contribution in [-0.2, 0) is 17.9 Å². The number of benzene rings is 3. The average Bonchev–Trinajstić information content (AvgIpc) is 3.36. The molecule has 9 nitrogen and oxygen atoms in total. The van der Waals surface area contributed by atoms with Crippen LogP contribution in [0.1, 0.15) is 21.6 Å². The average molecular weight is 518 g/mol. The number of nitro groups is 1. The second-order valence-electron chi connectivity index (χ2n) is 8.57. The maximum Gasteiger partial charge on any atom is 0.295 e. The summed E-state index contributed by atoms with van der Waals surface area (Å²) in [6.45, 7) is 1.72. The molecule has 1 amide bonds. The minimum absolute atomic E-state index is 0. The van der Waals surface area contributed by atoms with Crippen LogP contribution in [0.3, 0.4) is 0 Å². The smallest absolute Gasteiger partial charge is 0.295 e. The summed E-state index contributed by atoms with van der Waals surface area (Å²) in [5.74, 6) is -1.32. The summed E-state index contributed by atoms with van der Waals surface area (Å²) >= 11 is 0. The summed E-state index contributed by atoms with van der Waals surface area (Å²) in [5.41, 5.74) is 4.93. The fourth-order valence-electron chi connectivity index (χ4n) is 4.39. The Hall–Kier alpha value is -4.50. The van der Waals surface area contributed by atoms with Gasteiger partial charge in [-0.1, -0.05) is 36.4 Å². The summed E-state index contributed by atoms with van der Waals surface area (Å²) in [6.07, 6.45) is 3.40. The van der Waals surface area contributed by atoms with Gasteiger partial charge in [-0.05, 0) is 41.0 Å². The van der Waals surface area contributed by atoms with Crippen molar-refractivity contribution in [1.82, 2.24) is 14.9 Å². The zero-order valence-electron chi connectivity index (χ0n) is 19.7. The van der Waals surface area contributed by atoms with Crippen molar-refractivity contribution in [2.24, 2.45) is 0 Å². The van der Waals surface area contributed by atoms with Crippen LogP contribution in [0, 0.1) is 10.1 Å². The molecule has 1 aliphatic heterocycles. The highest BCUT2D eigenvalue weighted by Crippen LogP contribution is 2.31. The number of hydrogen-bond donors (Lipinski definition) is 1. The lowest BCUT2D eigenvalue weighted by Crippen LogP contribution is -2.39. The van der Waals surface area contributed by atoms with Crippen molar-refractivity contribution in [2.45, 2.75) is 13.1 Å². The van der Waals surface area contributed by atoms with Crippen LogP contribution in [0.15, 0.2) is 85.3 Å². The number of nitrogens with zero attached hydrogens (tertiary/aromatic N) is 4. The molecule has 4 aromatic rings. The number of aromatic nitrogens is 2. The van der Waals surface area contributed by atoms with Crippen LogP contribution < -0.4 is 4.90 Å². The molecule has 0 saturated heterocycles. The first-order chi connectivity index (χ1) is 17.5. The summed E-state index contributed by atoms with van der Waals surface area (Å²) in [6, 6.07) is 21.3. The van der Waals surface area contributed by atoms with Gasteiger partial charge in [-0.3, -0.25) is 19.7 Å². The molecule has 0 fully saturated rings. The van der Waals surface area contributed by atoms with Gasteiger partial charge in [-0.25, -0.2) is 4.98 Å². The van der Waals surface area contributed by atoms with Gasteiger partial charge in [-0.2, -0.15) is 0 Å². The molecule has 1 aromatic heterocycles. The fraction of sp³-hybridized carbons (Fsp3) is 0.148. The number of H-pyrrole nitrogens is 1. The van der Waals surface area contributed by atoms with Gasteiger partial charge in [0.25, 0.3) is 11.6 Å². The fourth-order valence-corrected chi connectivity index (χ4v) is 4.39. The number of aromatic amines is 1. The third-order valence-electron chi connectivity index (χ3n) is 6.27. The maximum absolute atomic E-state index is 13.3. The number of carbonyl (C=O) groups is 2. The van der Waals surface area contributed by atoms with Gasteiger partial charge in [0.1, 0.15) is 0 Å². The van der Waals surface area contributed by atoms with Crippen molar-refractivity contribution in [3.8, 4) is 11.1 Å². The van der Waals surface area contributed by atoms with E-state index < -0.39 is 16.6 Å². The zero-order valence-corrected chi connectivity index (χ0v) is 20.6. The Labute approximate surface area is 219 Å². The summed E-state index contributed by atoms with van der Waals surface area (Å²) in [7, 11) is 0. The number of anilines is 1. The van der Waals surface area contributed by atoms with Crippen LogP contribution in [0.25, 0.3) is 11.1 Å². The number of Topliss-reactive ketones (excluding diaryl/α,β-unsaturated/α-hetero) is 1. The topological polar surface area (TPSA) is 112 Å². The number of ketones is 1. The van der Waals surface area contributed by atoms with Crippen molar-refractivity contribution in [3.05, 3.63) is 112 Å². The molecule has 1 aliphatic rings. The number of fused-ring (bicyclic) bond motifs is 1. The minimum Gasteiger partial charge on any atom is -0.364 e. The lowest BCUT2D eigenvalue weighted by atomic mass is 10.0. The highest BCUT2D eigenvalue weighted by molar-refractivity contribution is 6.42. The quantitative estimate of drug-likeness (QED) is 0.172. The molecular weight excluding hydrogens is 494 g/mol. The van der Waals surface area contributed by atoms with Crippen molar-refractivity contribution >= 4 is 35.5 Å². The van der Waals surface area contributed by atoms with Crippen molar-refractivity contribution in [1.29, 1.82) is 0 Å². The maximum atomic E-state index is 13.3. The summed E-state index contributed by atoms with van der Waals surface area (Å²) in [4.78, 5) is 47.6. The highest BCUT2D eigenvalue weighted by atomic mass is 35.5. The molecule has 188 valence electrons. The molecule has 0 spiro atoms. The molecule has 1 N–H and O–H groups in total. The molecule has 10 heteroatoms. The highest BCUT2D eigenvalue weighted by Gasteiger charge is 2.28. The number of hydrogen-bond acceptors (Lipinski definition) is 6. The summed E-state index contributed by atoms with van der Waals surface area (Å²) in [5, 5.41) is 10.9. The van der Waals surface area contributed by atoms with E-state index in [1.807, 2.05) is 30.3 Å². The van der Waals surface area contributed by atoms with Crippen molar-refractivity contribution < 1.29 is 14.5 Å². The second-order valence-corrected chi connectivity index (χ2v) is 8.57. The van der Waals surface area contributed by atoms with Crippen LogP contribution in [-0.4, -0.2) is 44.6 Å². The van der Waals surface area contributed by atoms with E-state index in [4.69, 9.17) is 0 Å². The predicted octanol–water partition coefficient (Wildman–Crippen LogP) is 4.64. The van der Waals surface area contributed by atoms with E-state index in [2.05, 4.69) is 33.1 Å². The molecule has 0 bridgehead atoms. The van der Waals surface area contributed by atoms with Gasteiger partial charge in [-0.15, -0.1) is 12.4 Å². The SMILES string of the molecule is Cl.O=C(C(=O)N1CCN(Cc2cnc[nH]2)c2ccc(-c3ccccc3)cc2C1)c1ccc([N+](=O)[O-])cc1. The largest absolute Gasteiger partial charge is 0.364 e. The van der Waals surface area contributed by atoms with Crippen LogP contribution in [0.4, 0.5) is 11.4 Å². The third-order valence-corrected chi connectivity index (χ3v) is 6.27. The summed E-state index contributed by atoms with van der Waals surface area (Å²) < 4.78 is 0. The number of nitrogens with one attached hydrogen (secondary N) is 1. The Balaban J connectivity index is 0.00000320. The van der Waals surface area contributed by atoms with E-state index in [0.717, 1.165) is 28.1 Å². The molecular formula is C27H24ClN5O4. The molecule has 37 heavy (non-hydrogen) atoms. The first-order valence-corrected chi connectivity index (χ1v) is 11.5. The zero-order chi connectivity index (χ0) is 25.1. The molecule has 0 atom stereocenters. The number of imidazole rings is 1. The normalized spacial score (nSPS) is 12.8. The Morgan fingerprint density at radius 2 is 1.73 bits per heavy atom. The minimum atomic E-state index is -0.687. The number of non-ortho nitro benzene ring substituents is 1. The molecule has 2 heterocycles. The Morgan fingerprint density at radius 3 is 2.41 bits per heavy atom. The monoisotopic (exact) mass is 517 g/mol. The van der Waals surface area contributed by atoms with Crippen LogP contribution in [0.2, 0.25) is 0 Å². The molecule has 3 aromatic carbocycles. The van der Waals surface area contributed by atoms with Gasteiger partial charge in [0.15, 0.2) is 0 Å². The second kappa shape index (κ2) is 11.0. The lowest BCUT2D eigenvalue weighted by Gasteiger charge is -2.24. The van der Waals surface area contributed by atoms with E-state index >= 15 is 0 Å². The van der Waals surface area contributed by atoms with E-state index in [1.54, 1.807) is 17.4 Å². The van der Waals surface area contributed by atoms with E-state index in [9.17, 15) is 19.7 Å². The van der Waals surface area contributed by atoms with Gasteiger partial charge >= 0.3 is 0 Å². The Kier molecular flexibility index (Phi) is 7.64. The number of halogens is 1. The third kappa shape index (κ3) is 5.52. The molecule has 0 aliphatic carbocycles. The van der Waals surface area contributed by atoms with E-state index in [-0.39, 0.29) is 30.2 Å². The first-order valence-electron chi connectivity index (χ1n) is 11.5. The lowest BCUT2D eigenvalue weighted by molar-refractivity contribution is -0.384. The van der Waals surface area contributed by atoms with Crippen LogP contribution >= 0.6 is 12.4 Å². The van der Waals surface area contributed by atoms with Gasteiger partial charge in [0.2, 0.25) is 5.78 Å². The number of carbonyl (C=O) groups excluding carboxylic acids is 2. The molecule has 0 saturated carbocycles. The Bertz CT molecular complexity index is 1410. The molecule has 5 rings (SSSR count). The van der Waals surface area contributed by atoms with E-state index in [0.29, 0.717) is 19.6 Å². The van der Waals surface area contributed by atoms with Crippen LogP contribution in [0.5, 0.6) is 0 Å². The van der Waals surface area contributed by atoms with E-state index in [1.165, 1.54) is 24.3 Å². The van der Waals surface area contributed by atoms with Crippen molar-refractivity contribution in [3.63, 3.8) is 0 Å². The van der Waals surface area contributed by atoms with Gasteiger partial charge in [0.05, 0.1) is 23.5 Å². The van der Waals surface area contributed by atoms with Gasteiger partial charge < -0.3 is 14.8 Å². The molecule has 0 radical (unpaired) electrons. The van der Waals surface area contributed by atoms with Gasteiger partial charge in [0, 0.05) is 49.2 Å². The standard InChI is InChI=1S/C27H23N5O4.ClH/c33-26(20-6-9-24(10-7-20)32(35)36)27(34)31-13-12-30(17-23-15-28-18-29-23)25-11-8-21(14-22(25)16-31)19-4-2-1-3-5-19;/h1-11,14-15,18H,12-13,16-17H2,(H,28,29);1H. The Morgan fingerprint density at radius 1 is 0.973 bits per heavy atom. The number of amides is 1. The first kappa shape index (κ1) is 25.6. The number of rotatable bonds is 6.